The van der Waals surface area contributed by atoms with Crippen LogP contribution in [0.1, 0.15) is 5.69 Å². The van der Waals surface area contributed by atoms with E-state index in [1.807, 2.05) is 42.0 Å². The summed E-state index contributed by atoms with van der Waals surface area (Å²) in [6.45, 7) is 2.01. The van der Waals surface area contributed by atoms with Gasteiger partial charge in [0.05, 0.1) is 7.11 Å². The molecule has 0 spiro atoms. The van der Waals surface area contributed by atoms with Gasteiger partial charge in [0.1, 0.15) is 5.75 Å². The van der Waals surface area contributed by atoms with E-state index in [9.17, 15) is 0 Å². The van der Waals surface area contributed by atoms with Crippen molar-refractivity contribution in [1.82, 2.24) is 9.55 Å². The summed E-state index contributed by atoms with van der Waals surface area (Å²) in [5, 5.41) is 0. The normalized spacial score (nSPS) is 10.3. The predicted molar refractivity (Wildman–Crippen MR) is 62.2 cm³/mol. The Kier molecular flexibility index (Phi) is 2.60. The lowest BCUT2D eigenvalue weighted by molar-refractivity contribution is 0.414. The molecule has 0 bridgehead atoms. The van der Waals surface area contributed by atoms with Gasteiger partial charge in [0, 0.05) is 17.6 Å². The molecule has 78 valence electrons. The molecule has 0 amide bonds. The Morgan fingerprint density at radius 2 is 1.93 bits per heavy atom. The number of rotatable bonds is 2. The number of hydrogen-bond acceptors (Lipinski definition) is 2. The molecule has 3 nitrogen and oxygen atoms in total. The molecule has 0 aliphatic rings. The first-order valence-corrected chi connectivity index (χ1v) is 5.04. The summed E-state index contributed by atoms with van der Waals surface area (Å²) in [6.07, 6.45) is 1.90. The van der Waals surface area contributed by atoms with Crippen molar-refractivity contribution in [2.45, 2.75) is 6.92 Å². The van der Waals surface area contributed by atoms with Crippen LogP contribution in [0.25, 0.3) is 5.69 Å². The molecular weight excluding hydrogens is 208 g/mol. The third-order valence-corrected chi connectivity index (χ3v) is 2.59. The Bertz CT molecular complexity index is 510. The van der Waals surface area contributed by atoms with Gasteiger partial charge < -0.3 is 9.72 Å². The van der Waals surface area contributed by atoms with Gasteiger partial charge >= 0.3 is 0 Å². The highest BCUT2D eigenvalue weighted by Crippen LogP contribution is 2.16. The summed E-state index contributed by atoms with van der Waals surface area (Å²) in [5.74, 6) is 0.846. The highest BCUT2D eigenvalue weighted by Gasteiger charge is 2.01. The average molecular weight is 220 g/mol. The van der Waals surface area contributed by atoms with Crippen molar-refractivity contribution >= 4 is 12.2 Å². The van der Waals surface area contributed by atoms with E-state index in [0.717, 1.165) is 17.1 Å². The fourth-order valence-corrected chi connectivity index (χ4v) is 1.82. The number of nitrogens with one attached hydrogen (secondary N) is 1. The number of ether oxygens (including phenoxy) is 1. The number of nitrogens with zero attached hydrogens (tertiary/aromatic N) is 1. The largest absolute Gasteiger partial charge is 0.497 e. The summed E-state index contributed by atoms with van der Waals surface area (Å²) >= 11 is 5.19. The van der Waals surface area contributed by atoms with Gasteiger partial charge in [0.25, 0.3) is 0 Å². The average Bonchev–Trinajstić information content (AvgIpc) is 2.59. The molecule has 0 saturated heterocycles. The monoisotopic (exact) mass is 220 g/mol. The minimum atomic E-state index is 0.706. The lowest BCUT2D eigenvalue weighted by Crippen LogP contribution is -1.96. The number of imidazole rings is 1. The van der Waals surface area contributed by atoms with E-state index in [1.165, 1.54) is 0 Å². The molecule has 1 heterocycles. The molecule has 1 aromatic carbocycles. The van der Waals surface area contributed by atoms with Crippen LogP contribution in [0.2, 0.25) is 0 Å². The number of hydrogen-bond donors (Lipinski definition) is 1. The van der Waals surface area contributed by atoms with Crippen LogP contribution >= 0.6 is 12.2 Å². The zero-order chi connectivity index (χ0) is 10.8. The van der Waals surface area contributed by atoms with Gasteiger partial charge in [-0.25, -0.2) is 0 Å². The Hall–Kier alpha value is -1.55. The lowest BCUT2D eigenvalue weighted by Gasteiger charge is -2.06. The Labute approximate surface area is 93.3 Å². The molecule has 2 aromatic rings. The zero-order valence-corrected chi connectivity index (χ0v) is 9.47. The highest BCUT2D eigenvalue weighted by atomic mass is 32.1. The molecule has 0 aliphatic carbocycles. The molecule has 0 aliphatic heterocycles. The molecule has 0 unspecified atom stereocenters. The predicted octanol–water partition coefficient (Wildman–Crippen LogP) is 2.85. The van der Waals surface area contributed by atoms with Crippen molar-refractivity contribution < 1.29 is 4.74 Å². The summed E-state index contributed by atoms with van der Waals surface area (Å²) in [4.78, 5) is 3.01. The molecule has 1 aromatic heterocycles. The van der Waals surface area contributed by atoms with Gasteiger partial charge in [0.2, 0.25) is 0 Å². The van der Waals surface area contributed by atoms with Crippen molar-refractivity contribution in [3.63, 3.8) is 0 Å². The maximum absolute atomic E-state index is 5.19. The van der Waals surface area contributed by atoms with Gasteiger partial charge in [-0.3, -0.25) is 4.57 Å². The van der Waals surface area contributed by atoms with Crippen LogP contribution < -0.4 is 4.74 Å². The van der Waals surface area contributed by atoms with E-state index in [-0.39, 0.29) is 0 Å². The highest BCUT2D eigenvalue weighted by molar-refractivity contribution is 7.71. The first-order valence-electron chi connectivity index (χ1n) is 4.64. The first-order chi connectivity index (χ1) is 7.22. The van der Waals surface area contributed by atoms with Gasteiger partial charge in [-0.2, -0.15) is 0 Å². The van der Waals surface area contributed by atoms with Crippen LogP contribution in [-0.4, -0.2) is 16.7 Å². The SMILES string of the molecule is COc1ccc(-n2c(C)c[nH]c2=S)cc1. The molecule has 0 atom stereocenters. The van der Waals surface area contributed by atoms with Crippen molar-refractivity contribution in [3.8, 4) is 11.4 Å². The van der Waals surface area contributed by atoms with Gasteiger partial charge in [-0.15, -0.1) is 0 Å². The van der Waals surface area contributed by atoms with Gasteiger partial charge in [-0.05, 0) is 43.4 Å². The molecule has 2 rings (SSSR count). The lowest BCUT2D eigenvalue weighted by atomic mass is 10.3. The van der Waals surface area contributed by atoms with Crippen LogP contribution in [-0.2, 0) is 0 Å². The zero-order valence-electron chi connectivity index (χ0n) is 8.65. The van der Waals surface area contributed by atoms with Gasteiger partial charge in [0.15, 0.2) is 4.77 Å². The van der Waals surface area contributed by atoms with Crippen molar-refractivity contribution in [2.75, 3.05) is 7.11 Å². The second kappa shape index (κ2) is 3.90. The maximum Gasteiger partial charge on any atom is 0.182 e. The summed E-state index contributed by atoms with van der Waals surface area (Å²) < 4.78 is 7.79. The van der Waals surface area contributed by atoms with E-state index in [0.29, 0.717) is 4.77 Å². The second-order valence-electron chi connectivity index (χ2n) is 3.27. The third kappa shape index (κ3) is 1.80. The van der Waals surface area contributed by atoms with Crippen LogP contribution in [0.3, 0.4) is 0 Å². The van der Waals surface area contributed by atoms with E-state index in [2.05, 4.69) is 4.98 Å². The number of methoxy groups -OCH3 is 1. The van der Waals surface area contributed by atoms with Crippen LogP contribution in [0.5, 0.6) is 5.75 Å². The number of aryl methyl sites for hydroxylation is 1. The summed E-state index contributed by atoms with van der Waals surface area (Å²) in [7, 11) is 1.65. The number of aromatic amines is 1. The van der Waals surface area contributed by atoms with Gasteiger partial charge in [-0.1, -0.05) is 0 Å². The summed E-state index contributed by atoms with van der Waals surface area (Å²) in [6, 6.07) is 7.80. The van der Waals surface area contributed by atoms with E-state index >= 15 is 0 Å². The second-order valence-corrected chi connectivity index (χ2v) is 3.66. The van der Waals surface area contributed by atoms with Crippen LogP contribution in [0.4, 0.5) is 0 Å². The number of aromatic nitrogens is 2. The van der Waals surface area contributed by atoms with Crippen LogP contribution in [0.15, 0.2) is 30.5 Å². The van der Waals surface area contributed by atoms with Crippen molar-refractivity contribution in [1.29, 1.82) is 0 Å². The topological polar surface area (TPSA) is 29.9 Å². The molecule has 0 radical (unpaired) electrons. The smallest absolute Gasteiger partial charge is 0.182 e. The fourth-order valence-electron chi connectivity index (χ4n) is 1.51. The third-order valence-electron chi connectivity index (χ3n) is 2.29. The molecule has 0 fully saturated rings. The minimum Gasteiger partial charge on any atom is -0.497 e. The Balaban J connectivity index is 2.50. The maximum atomic E-state index is 5.19. The first kappa shape index (κ1) is 9.98. The van der Waals surface area contributed by atoms with E-state index in [4.69, 9.17) is 17.0 Å². The molecular formula is C11H12N2OS. The van der Waals surface area contributed by atoms with E-state index < -0.39 is 0 Å². The number of benzene rings is 1. The van der Waals surface area contributed by atoms with Crippen molar-refractivity contribution in [3.05, 3.63) is 40.9 Å². The quantitative estimate of drug-likeness (QED) is 0.789. The number of H-pyrrole nitrogens is 1. The Morgan fingerprint density at radius 1 is 1.27 bits per heavy atom. The molecule has 0 saturated carbocycles. The van der Waals surface area contributed by atoms with Crippen molar-refractivity contribution in [2.24, 2.45) is 0 Å². The molecule has 4 heteroatoms. The fraction of sp³-hybridized carbons (Fsp3) is 0.182. The summed E-state index contributed by atoms with van der Waals surface area (Å²) in [5.41, 5.74) is 2.13. The Morgan fingerprint density at radius 3 is 2.40 bits per heavy atom. The minimum absolute atomic E-state index is 0.706. The standard InChI is InChI=1S/C11H12N2OS/c1-8-7-12-11(15)13(8)9-3-5-10(14-2)6-4-9/h3-7H,1-2H3,(H,12,15). The van der Waals surface area contributed by atoms with E-state index in [1.54, 1.807) is 7.11 Å². The van der Waals surface area contributed by atoms with Crippen LogP contribution in [0, 0.1) is 11.7 Å². The molecule has 15 heavy (non-hydrogen) atoms. The molecule has 1 N–H and O–H groups in total.